The van der Waals surface area contributed by atoms with Gasteiger partial charge in [-0.1, -0.05) is 43.5 Å². The van der Waals surface area contributed by atoms with Crippen molar-refractivity contribution in [1.82, 2.24) is 0 Å². The zero-order chi connectivity index (χ0) is 11.6. The lowest BCUT2D eigenvalue weighted by molar-refractivity contribution is 0.222. The highest BCUT2D eigenvalue weighted by Gasteiger charge is 2.38. The van der Waals surface area contributed by atoms with Gasteiger partial charge in [-0.2, -0.15) is 0 Å². The number of hydrogen-bond donors (Lipinski definition) is 1. The van der Waals surface area contributed by atoms with Crippen molar-refractivity contribution in [3.05, 3.63) is 34.9 Å². The first-order chi connectivity index (χ1) is 7.68. The quantitative estimate of drug-likeness (QED) is 0.833. The van der Waals surface area contributed by atoms with Gasteiger partial charge < -0.3 is 5.73 Å². The molecule has 0 aliphatic heterocycles. The topological polar surface area (TPSA) is 26.0 Å². The van der Waals surface area contributed by atoms with E-state index in [-0.39, 0.29) is 6.04 Å². The summed E-state index contributed by atoms with van der Waals surface area (Å²) in [7, 11) is 0. The molecule has 1 aliphatic carbocycles. The van der Waals surface area contributed by atoms with Crippen molar-refractivity contribution in [2.24, 2.45) is 11.1 Å². The van der Waals surface area contributed by atoms with Crippen LogP contribution >= 0.6 is 11.6 Å². The summed E-state index contributed by atoms with van der Waals surface area (Å²) in [6.07, 6.45) is 6.38. The molecule has 0 heterocycles. The van der Waals surface area contributed by atoms with Gasteiger partial charge in [0.15, 0.2) is 0 Å². The third-order valence-electron chi connectivity index (χ3n) is 4.19. The molecule has 1 aromatic carbocycles. The fourth-order valence-electron chi connectivity index (χ4n) is 2.99. The molecule has 1 saturated carbocycles. The van der Waals surface area contributed by atoms with E-state index in [1.165, 1.54) is 37.7 Å². The Morgan fingerprint density at radius 2 is 1.81 bits per heavy atom. The maximum Gasteiger partial charge on any atom is 0.0406 e. The van der Waals surface area contributed by atoms with Gasteiger partial charge in [0, 0.05) is 11.1 Å². The fourth-order valence-corrected chi connectivity index (χ4v) is 3.11. The second-order valence-electron chi connectivity index (χ2n) is 4.95. The molecular formula is C14H20ClN. The van der Waals surface area contributed by atoms with Crippen LogP contribution in [0.15, 0.2) is 24.3 Å². The Morgan fingerprint density at radius 1 is 1.25 bits per heavy atom. The molecular weight excluding hydrogens is 218 g/mol. The van der Waals surface area contributed by atoms with Crippen LogP contribution in [-0.2, 0) is 0 Å². The summed E-state index contributed by atoms with van der Waals surface area (Å²) in [5, 5.41) is 0.785. The Balaban J connectivity index is 2.23. The molecule has 2 N–H and O–H groups in total. The highest BCUT2D eigenvalue weighted by Crippen LogP contribution is 2.48. The van der Waals surface area contributed by atoms with Crippen LogP contribution < -0.4 is 5.73 Å². The standard InChI is InChI=1S/C14H20ClN/c1-2-14(9-3-4-10-14)13(16)11-5-7-12(15)8-6-11/h5-8,13H,2-4,9-10,16H2,1H3. The van der Waals surface area contributed by atoms with Crippen molar-refractivity contribution in [1.29, 1.82) is 0 Å². The van der Waals surface area contributed by atoms with Gasteiger partial charge in [0.25, 0.3) is 0 Å². The Bertz CT molecular complexity index is 338. The minimum absolute atomic E-state index is 0.164. The number of halogens is 1. The van der Waals surface area contributed by atoms with Gasteiger partial charge in [-0.15, -0.1) is 0 Å². The lowest BCUT2D eigenvalue weighted by atomic mass is 9.74. The molecule has 1 aliphatic rings. The molecule has 0 amide bonds. The molecule has 1 atom stereocenters. The summed E-state index contributed by atoms with van der Waals surface area (Å²) in [4.78, 5) is 0. The first kappa shape index (κ1) is 11.9. The third kappa shape index (κ3) is 2.11. The van der Waals surface area contributed by atoms with E-state index in [1.54, 1.807) is 0 Å². The molecule has 16 heavy (non-hydrogen) atoms. The first-order valence-corrected chi connectivity index (χ1v) is 6.57. The van der Waals surface area contributed by atoms with Crippen molar-refractivity contribution in [3.63, 3.8) is 0 Å². The third-order valence-corrected chi connectivity index (χ3v) is 4.44. The zero-order valence-electron chi connectivity index (χ0n) is 9.88. The van der Waals surface area contributed by atoms with E-state index in [0.29, 0.717) is 5.41 Å². The molecule has 2 rings (SSSR count). The van der Waals surface area contributed by atoms with Crippen molar-refractivity contribution in [3.8, 4) is 0 Å². The maximum atomic E-state index is 6.45. The van der Waals surface area contributed by atoms with Crippen LogP contribution in [0.5, 0.6) is 0 Å². The SMILES string of the molecule is CCC1(C(N)c2ccc(Cl)cc2)CCCC1. The van der Waals surface area contributed by atoms with Crippen LogP contribution in [0.4, 0.5) is 0 Å². The predicted octanol–water partition coefficient (Wildman–Crippen LogP) is 4.31. The van der Waals surface area contributed by atoms with Crippen molar-refractivity contribution >= 4 is 11.6 Å². The average Bonchev–Trinajstić information content (AvgIpc) is 2.79. The summed E-state index contributed by atoms with van der Waals surface area (Å²) in [5.41, 5.74) is 8.01. The summed E-state index contributed by atoms with van der Waals surface area (Å²) < 4.78 is 0. The van der Waals surface area contributed by atoms with Crippen LogP contribution in [0, 0.1) is 5.41 Å². The minimum atomic E-state index is 0.164. The molecule has 1 aromatic rings. The second kappa shape index (κ2) is 4.77. The summed E-state index contributed by atoms with van der Waals surface area (Å²) in [6, 6.07) is 8.19. The first-order valence-electron chi connectivity index (χ1n) is 6.19. The molecule has 1 unspecified atom stereocenters. The number of hydrogen-bond acceptors (Lipinski definition) is 1. The molecule has 0 saturated heterocycles. The van der Waals surface area contributed by atoms with E-state index in [9.17, 15) is 0 Å². The molecule has 1 fully saturated rings. The van der Waals surface area contributed by atoms with Crippen LogP contribution in [0.25, 0.3) is 0 Å². The van der Waals surface area contributed by atoms with E-state index >= 15 is 0 Å². The Hall–Kier alpha value is -0.530. The number of benzene rings is 1. The molecule has 0 bridgehead atoms. The number of nitrogens with two attached hydrogens (primary N) is 1. The van der Waals surface area contributed by atoms with Crippen molar-refractivity contribution in [2.75, 3.05) is 0 Å². The van der Waals surface area contributed by atoms with E-state index in [1.807, 2.05) is 12.1 Å². The smallest absolute Gasteiger partial charge is 0.0406 e. The van der Waals surface area contributed by atoms with Crippen LogP contribution in [0.2, 0.25) is 5.02 Å². The van der Waals surface area contributed by atoms with Crippen LogP contribution in [0.3, 0.4) is 0 Å². The maximum absolute atomic E-state index is 6.45. The normalized spacial score (nSPS) is 20.9. The monoisotopic (exact) mass is 237 g/mol. The molecule has 88 valence electrons. The Kier molecular flexibility index (Phi) is 3.56. The molecule has 0 radical (unpaired) electrons. The van der Waals surface area contributed by atoms with Gasteiger partial charge in [-0.25, -0.2) is 0 Å². The summed E-state index contributed by atoms with van der Waals surface area (Å²) >= 11 is 5.90. The van der Waals surface area contributed by atoms with Gasteiger partial charge in [0.2, 0.25) is 0 Å². The molecule has 0 spiro atoms. The summed E-state index contributed by atoms with van der Waals surface area (Å²) in [5.74, 6) is 0. The van der Waals surface area contributed by atoms with Gasteiger partial charge in [-0.05, 0) is 42.4 Å². The molecule has 0 aromatic heterocycles. The fraction of sp³-hybridized carbons (Fsp3) is 0.571. The largest absolute Gasteiger partial charge is 0.323 e. The van der Waals surface area contributed by atoms with E-state index < -0.39 is 0 Å². The minimum Gasteiger partial charge on any atom is -0.323 e. The van der Waals surface area contributed by atoms with E-state index in [4.69, 9.17) is 17.3 Å². The lowest BCUT2D eigenvalue weighted by Crippen LogP contribution is -2.31. The van der Waals surface area contributed by atoms with E-state index in [0.717, 1.165) is 5.02 Å². The number of rotatable bonds is 3. The highest BCUT2D eigenvalue weighted by molar-refractivity contribution is 6.30. The average molecular weight is 238 g/mol. The van der Waals surface area contributed by atoms with Gasteiger partial charge in [0.05, 0.1) is 0 Å². The van der Waals surface area contributed by atoms with Gasteiger partial charge >= 0.3 is 0 Å². The zero-order valence-corrected chi connectivity index (χ0v) is 10.6. The lowest BCUT2D eigenvalue weighted by Gasteiger charge is -2.34. The van der Waals surface area contributed by atoms with Crippen molar-refractivity contribution in [2.45, 2.75) is 45.1 Å². The van der Waals surface area contributed by atoms with Crippen LogP contribution in [0.1, 0.15) is 50.6 Å². The van der Waals surface area contributed by atoms with Gasteiger partial charge in [-0.3, -0.25) is 0 Å². The molecule has 1 nitrogen and oxygen atoms in total. The summed E-state index contributed by atoms with van der Waals surface area (Å²) in [6.45, 7) is 2.26. The highest BCUT2D eigenvalue weighted by atomic mass is 35.5. The predicted molar refractivity (Wildman–Crippen MR) is 69.6 cm³/mol. The Morgan fingerprint density at radius 3 is 2.31 bits per heavy atom. The second-order valence-corrected chi connectivity index (χ2v) is 5.39. The van der Waals surface area contributed by atoms with Crippen LogP contribution in [-0.4, -0.2) is 0 Å². The van der Waals surface area contributed by atoms with E-state index in [2.05, 4.69) is 19.1 Å². The Labute approximate surface area is 103 Å². The van der Waals surface area contributed by atoms with Gasteiger partial charge in [0.1, 0.15) is 0 Å². The molecule has 2 heteroatoms. The van der Waals surface area contributed by atoms with Crippen molar-refractivity contribution < 1.29 is 0 Å².